The van der Waals surface area contributed by atoms with E-state index >= 15 is 0 Å². The van der Waals surface area contributed by atoms with Gasteiger partial charge in [-0.25, -0.2) is 0 Å². The van der Waals surface area contributed by atoms with Gasteiger partial charge in [0.05, 0.1) is 0 Å². The number of aliphatic hydroxyl groups excluding tert-OH is 1. The van der Waals surface area contributed by atoms with Crippen LogP contribution in [0.1, 0.15) is 46.5 Å². The topological polar surface area (TPSA) is 40.5 Å². The summed E-state index contributed by atoms with van der Waals surface area (Å²) in [6.45, 7) is 10.4. The summed E-state index contributed by atoms with van der Waals surface area (Å²) in [5.74, 6) is 1.94. The SMILES string of the molecule is CCN(CC(C)C)CC1CCC(C=O)CC1.CO. The van der Waals surface area contributed by atoms with Crippen molar-refractivity contribution >= 4 is 6.29 Å². The van der Waals surface area contributed by atoms with E-state index in [2.05, 4.69) is 25.7 Å². The molecule has 0 aromatic carbocycles. The van der Waals surface area contributed by atoms with Gasteiger partial charge < -0.3 is 14.8 Å². The maximum Gasteiger partial charge on any atom is 0.123 e. The molecule has 3 heteroatoms. The monoisotopic (exact) mass is 257 g/mol. The lowest BCUT2D eigenvalue weighted by Gasteiger charge is -2.31. The number of aldehydes is 1. The third-order valence-electron chi connectivity index (χ3n) is 3.67. The van der Waals surface area contributed by atoms with Crippen molar-refractivity contribution in [2.24, 2.45) is 17.8 Å². The number of carbonyl (C=O) groups is 1. The molecule has 0 saturated heterocycles. The smallest absolute Gasteiger partial charge is 0.123 e. The zero-order valence-electron chi connectivity index (χ0n) is 12.6. The molecular formula is C15H31NO2. The number of nitrogens with zero attached hydrogens (tertiary/aromatic N) is 1. The van der Waals surface area contributed by atoms with Crippen LogP contribution in [0, 0.1) is 17.8 Å². The fourth-order valence-electron chi connectivity index (χ4n) is 2.72. The molecule has 0 aromatic rings. The summed E-state index contributed by atoms with van der Waals surface area (Å²) in [5.41, 5.74) is 0. The van der Waals surface area contributed by atoms with Crippen LogP contribution in [-0.4, -0.2) is 43.0 Å². The van der Waals surface area contributed by atoms with Crippen molar-refractivity contribution in [1.29, 1.82) is 0 Å². The van der Waals surface area contributed by atoms with E-state index in [9.17, 15) is 4.79 Å². The van der Waals surface area contributed by atoms with Crippen LogP contribution >= 0.6 is 0 Å². The number of hydrogen-bond acceptors (Lipinski definition) is 3. The second-order valence-corrected chi connectivity index (χ2v) is 5.66. The highest BCUT2D eigenvalue weighted by atomic mass is 16.2. The first-order chi connectivity index (χ1) is 8.65. The van der Waals surface area contributed by atoms with E-state index in [0.717, 1.165) is 44.6 Å². The third-order valence-corrected chi connectivity index (χ3v) is 3.67. The van der Waals surface area contributed by atoms with Gasteiger partial charge in [0.15, 0.2) is 0 Å². The van der Waals surface area contributed by atoms with Gasteiger partial charge in [0.1, 0.15) is 6.29 Å². The molecule has 1 N–H and O–H groups in total. The van der Waals surface area contributed by atoms with Crippen molar-refractivity contribution in [2.45, 2.75) is 46.5 Å². The van der Waals surface area contributed by atoms with Crippen LogP contribution in [0.15, 0.2) is 0 Å². The molecular weight excluding hydrogens is 226 g/mol. The normalized spacial score (nSPS) is 23.7. The molecule has 0 spiro atoms. The summed E-state index contributed by atoms with van der Waals surface area (Å²) in [6.07, 6.45) is 5.89. The van der Waals surface area contributed by atoms with Crippen LogP contribution < -0.4 is 0 Å². The van der Waals surface area contributed by atoms with Gasteiger partial charge in [-0.1, -0.05) is 20.8 Å². The predicted octanol–water partition coefficient (Wildman–Crippen LogP) is 2.58. The second kappa shape index (κ2) is 10.5. The van der Waals surface area contributed by atoms with Crippen molar-refractivity contribution < 1.29 is 9.90 Å². The van der Waals surface area contributed by atoms with E-state index in [1.54, 1.807) is 0 Å². The Balaban J connectivity index is 0.00000137. The van der Waals surface area contributed by atoms with Crippen molar-refractivity contribution in [3.05, 3.63) is 0 Å². The number of aliphatic hydroxyl groups is 1. The van der Waals surface area contributed by atoms with Gasteiger partial charge in [0.25, 0.3) is 0 Å². The maximum absolute atomic E-state index is 10.7. The fraction of sp³-hybridized carbons (Fsp3) is 0.933. The van der Waals surface area contributed by atoms with E-state index in [1.807, 2.05) is 0 Å². The molecule has 0 aliphatic heterocycles. The fourth-order valence-corrected chi connectivity index (χ4v) is 2.72. The van der Waals surface area contributed by atoms with Gasteiger partial charge in [0.2, 0.25) is 0 Å². The molecule has 1 rings (SSSR count). The quantitative estimate of drug-likeness (QED) is 0.744. The predicted molar refractivity (Wildman–Crippen MR) is 76.6 cm³/mol. The van der Waals surface area contributed by atoms with Gasteiger partial charge in [-0.15, -0.1) is 0 Å². The first-order valence-electron chi connectivity index (χ1n) is 7.28. The summed E-state index contributed by atoms with van der Waals surface area (Å²) in [5, 5.41) is 7.00. The molecule has 1 aliphatic rings. The minimum absolute atomic E-state index is 0.358. The van der Waals surface area contributed by atoms with Crippen molar-refractivity contribution in [2.75, 3.05) is 26.7 Å². The Morgan fingerprint density at radius 1 is 1.22 bits per heavy atom. The molecule has 18 heavy (non-hydrogen) atoms. The highest BCUT2D eigenvalue weighted by Gasteiger charge is 2.22. The molecule has 0 amide bonds. The number of hydrogen-bond donors (Lipinski definition) is 1. The molecule has 3 nitrogen and oxygen atoms in total. The van der Waals surface area contributed by atoms with E-state index in [1.165, 1.54) is 25.9 Å². The third kappa shape index (κ3) is 7.12. The van der Waals surface area contributed by atoms with Gasteiger partial charge >= 0.3 is 0 Å². The zero-order valence-corrected chi connectivity index (χ0v) is 12.6. The van der Waals surface area contributed by atoms with E-state index in [-0.39, 0.29) is 0 Å². The lowest BCUT2D eigenvalue weighted by molar-refractivity contribution is -0.112. The summed E-state index contributed by atoms with van der Waals surface area (Å²) in [7, 11) is 1.00. The highest BCUT2D eigenvalue weighted by Crippen LogP contribution is 2.28. The van der Waals surface area contributed by atoms with Crippen molar-refractivity contribution in [3.8, 4) is 0 Å². The maximum atomic E-state index is 10.7. The van der Waals surface area contributed by atoms with Crippen molar-refractivity contribution in [1.82, 2.24) is 4.90 Å². The second-order valence-electron chi connectivity index (χ2n) is 5.66. The molecule has 108 valence electrons. The van der Waals surface area contributed by atoms with Gasteiger partial charge in [0, 0.05) is 26.1 Å². The minimum Gasteiger partial charge on any atom is -0.400 e. The van der Waals surface area contributed by atoms with Crippen LogP contribution in [-0.2, 0) is 4.79 Å². The van der Waals surface area contributed by atoms with Crippen LogP contribution in [0.25, 0.3) is 0 Å². The first kappa shape index (κ1) is 17.6. The Morgan fingerprint density at radius 2 is 1.78 bits per heavy atom. The summed E-state index contributed by atoms with van der Waals surface area (Å²) < 4.78 is 0. The van der Waals surface area contributed by atoms with Crippen molar-refractivity contribution in [3.63, 3.8) is 0 Å². The number of rotatable bonds is 6. The molecule has 0 heterocycles. The lowest BCUT2D eigenvalue weighted by atomic mass is 9.82. The number of carbonyl (C=O) groups excluding carboxylic acids is 1. The average Bonchev–Trinajstić information content (AvgIpc) is 2.40. The minimum atomic E-state index is 0.358. The molecule has 0 unspecified atom stereocenters. The summed E-state index contributed by atoms with van der Waals surface area (Å²) >= 11 is 0. The Labute approximate surface area is 113 Å². The average molecular weight is 257 g/mol. The molecule has 1 saturated carbocycles. The Kier molecular flexibility index (Phi) is 10.3. The molecule has 1 aliphatic carbocycles. The van der Waals surface area contributed by atoms with Gasteiger partial charge in [-0.05, 0) is 44.1 Å². The molecule has 0 atom stereocenters. The zero-order chi connectivity index (χ0) is 14.0. The largest absolute Gasteiger partial charge is 0.400 e. The van der Waals surface area contributed by atoms with E-state index in [4.69, 9.17) is 5.11 Å². The van der Waals surface area contributed by atoms with E-state index in [0.29, 0.717) is 5.92 Å². The molecule has 1 fully saturated rings. The van der Waals surface area contributed by atoms with Gasteiger partial charge in [-0.2, -0.15) is 0 Å². The van der Waals surface area contributed by atoms with Gasteiger partial charge in [-0.3, -0.25) is 0 Å². The van der Waals surface area contributed by atoms with Crippen LogP contribution in [0.4, 0.5) is 0 Å². The molecule has 0 bridgehead atoms. The lowest BCUT2D eigenvalue weighted by Crippen LogP contribution is -2.34. The van der Waals surface area contributed by atoms with Crippen LogP contribution in [0.2, 0.25) is 0 Å². The Morgan fingerprint density at radius 3 is 2.17 bits per heavy atom. The standard InChI is InChI=1S/C14H27NO.CH4O/c1-4-15(9-12(2)3)10-13-5-7-14(11-16)8-6-13;1-2/h11-14H,4-10H2,1-3H3;2H,1H3. The molecule has 0 aromatic heterocycles. The Hall–Kier alpha value is -0.410. The highest BCUT2D eigenvalue weighted by molar-refractivity contribution is 5.53. The Bertz CT molecular complexity index is 199. The van der Waals surface area contributed by atoms with E-state index < -0.39 is 0 Å². The summed E-state index contributed by atoms with van der Waals surface area (Å²) in [6, 6.07) is 0. The van der Waals surface area contributed by atoms with Crippen LogP contribution in [0.5, 0.6) is 0 Å². The molecule has 0 radical (unpaired) electrons. The van der Waals surface area contributed by atoms with Crippen LogP contribution in [0.3, 0.4) is 0 Å². The summed E-state index contributed by atoms with van der Waals surface area (Å²) in [4.78, 5) is 13.2. The first-order valence-corrected chi connectivity index (χ1v) is 7.28.